The third-order valence-electron chi connectivity index (χ3n) is 3.62. The highest BCUT2D eigenvalue weighted by molar-refractivity contribution is 6.32. The van der Waals surface area contributed by atoms with Crippen LogP contribution in [-0.4, -0.2) is 12.7 Å². The van der Waals surface area contributed by atoms with E-state index in [9.17, 15) is 4.79 Å². The summed E-state index contributed by atoms with van der Waals surface area (Å²) in [6, 6.07) is 5.65. The van der Waals surface area contributed by atoms with Crippen molar-refractivity contribution >= 4 is 17.7 Å². The fourth-order valence-electron chi connectivity index (χ4n) is 2.07. The van der Waals surface area contributed by atoms with E-state index in [0.717, 1.165) is 25.0 Å². The van der Waals surface area contributed by atoms with Crippen LogP contribution >= 0.6 is 11.6 Å². The van der Waals surface area contributed by atoms with Crippen LogP contribution in [0.2, 0.25) is 5.02 Å². The highest BCUT2D eigenvalue weighted by atomic mass is 35.5. The van der Waals surface area contributed by atoms with Gasteiger partial charge < -0.3 is 4.74 Å². The highest BCUT2D eigenvalue weighted by Gasteiger charge is 2.45. The predicted octanol–water partition coefficient (Wildman–Crippen LogP) is 3.45. The van der Waals surface area contributed by atoms with Crippen LogP contribution in [-0.2, 0) is 10.3 Å². The Kier molecular flexibility index (Phi) is 2.89. The van der Waals surface area contributed by atoms with E-state index < -0.39 is 0 Å². The number of nitrogens with zero attached hydrogens (tertiary/aromatic N) is 1. The van der Waals surface area contributed by atoms with Crippen molar-refractivity contribution in [1.82, 2.24) is 0 Å². The maximum absolute atomic E-state index is 10.5. The van der Waals surface area contributed by atoms with Crippen LogP contribution in [0.4, 0.5) is 0 Å². The fraction of sp³-hybridized carbons (Fsp3) is 0.500. The lowest BCUT2D eigenvalue weighted by atomic mass is 10.1. The van der Waals surface area contributed by atoms with Crippen molar-refractivity contribution in [2.24, 2.45) is 10.9 Å². The minimum Gasteiger partial charge on any atom is -0.492 e. The van der Waals surface area contributed by atoms with Crippen molar-refractivity contribution in [3.05, 3.63) is 28.8 Å². The molecule has 0 atom stereocenters. The number of benzene rings is 1. The Hall–Kier alpha value is -1.31. The maximum atomic E-state index is 10.5. The molecule has 2 fully saturated rings. The van der Waals surface area contributed by atoms with E-state index in [-0.39, 0.29) is 5.54 Å². The molecule has 2 saturated carbocycles. The monoisotopic (exact) mass is 263 g/mol. The Morgan fingerprint density at radius 1 is 1.44 bits per heavy atom. The lowest BCUT2D eigenvalue weighted by molar-refractivity contribution is 0.299. The number of ether oxygens (including phenoxy) is 1. The van der Waals surface area contributed by atoms with Gasteiger partial charge in [0.25, 0.3) is 0 Å². The number of hydrogen-bond donors (Lipinski definition) is 0. The van der Waals surface area contributed by atoms with Crippen molar-refractivity contribution < 1.29 is 9.53 Å². The van der Waals surface area contributed by atoms with E-state index in [1.165, 1.54) is 12.8 Å². The van der Waals surface area contributed by atoms with Gasteiger partial charge in [-0.2, -0.15) is 4.99 Å². The normalized spacial score (nSPS) is 20.1. The molecule has 0 aromatic heterocycles. The Morgan fingerprint density at radius 3 is 2.83 bits per heavy atom. The smallest absolute Gasteiger partial charge is 0.235 e. The van der Waals surface area contributed by atoms with Crippen LogP contribution in [0.25, 0.3) is 0 Å². The quantitative estimate of drug-likeness (QED) is 0.603. The van der Waals surface area contributed by atoms with Crippen LogP contribution in [0.3, 0.4) is 0 Å². The molecule has 2 aliphatic carbocycles. The van der Waals surface area contributed by atoms with Gasteiger partial charge in [-0.15, -0.1) is 0 Å². The molecule has 0 aliphatic heterocycles. The van der Waals surface area contributed by atoms with E-state index in [2.05, 4.69) is 4.99 Å². The van der Waals surface area contributed by atoms with Crippen molar-refractivity contribution in [2.45, 2.75) is 31.2 Å². The molecule has 3 nitrogen and oxygen atoms in total. The summed E-state index contributed by atoms with van der Waals surface area (Å²) in [6.07, 6.45) is 5.95. The summed E-state index contributed by atoms with van der Waals surface area (Å²) in [5.41, 5.74) is 0.644. The number of carbonyl (C=O) groups excluding carboxylic acids is 1. The van der Waals surface area contributed by atoms with Crippen molar-refractivity contribution in [1.29, 1.82) is 0 Å². The van der Waals surface area contributed by atoms with Gasteiger partial charge in [-0.05, 0) is 49.3 Å². The molecular formula is C14H14ClNO2. The molecule has 4 heteroatoms. The zero-order valence-electron chi connectivity index (χ0n) is 9.99. The number of halogens is 1. The molecule has 2 aliphatic rings. The molecule has 0 radical (unpaired) electrons. The number of isocyanates is 1. The molecular weight excluding hydrogens is 250 g/mol. The molecule has 3 rings (SSSR count). The van der Waals surface area contributed by atoms with E-state index >= 15 is 0 Å². The van der Waals surface area contributed by atoms with Gasteiger partial charge in [-0.3, -0.25) is 0 Å². The second-order valence-corrected chi connectivity index (χ2v) is 5.54. The van der Waals surface area contributed by atoms with Gasteiger partial charge in [0.15, 0.2) is 0 Å². The van der Waals surface area contributed by atoms with Crippen LogP contribution in [0.5, 0.6) is 5.75 Å². The molecule has 1 aromatic rings. The minimum atomic E-state index is -0.357. The van der Waals surface area contributed by atoms with Gasteiger partial charge in [-0.1, -0.05) is 17.7 Å². The minimum absolute atomic E-state index is 0.357. The van der Waals surface area contributed by atoms with Crippen LogP contribution in [0.1, 0.15) is 31.2 Å². The maximum Gasteiger partial charge on any atom is 0.235 e. The molecule has 18 heavy (non-hydrogen) atoms. The molecule has 0 saturated heterocycles. The van der Waals surface area contributed by atoms with Gasteiger partial charge >= 0.3 is 0 Å². The summed E-state index contributed by atoms with van der Waals surface area (Å²) in [5.74, 6) is 1.39. The first kappa shape index (κ1) is 11.8. The zero-order chi connectivity index (χ0) is 12.6. The van der Waals surface area contributed by atoms with Gasteiger partial charge in [0.1, 0.15) is 5.75 Å². The largest absolute Gasteiger partial charge is 0.492 e. The third kappa shape index (κ3) is 2.29. The molecule has 0 bridgehead atoms. The van der Waals surface area contributed by atoms with Gasteiger partial charge in [0, 0.05) is 0 Å². The Labute approximate surface area is 111 Å². The number of hydrogen-bond acceptors (Lipinski definition) is 3. The second-order valence-electron chi connectivity index (χ2n) is 5.13. The van der Waals surface area contributed by atoms with Crippen LogP contribution < -0.4 is 4.74 Å². The van der Waals surface area contributed by atoms with Crippen molar-refractivity contribution in [3.8, 4) is 5.75 Å². The topological polar surface area (TPSA) is 38.7 Å². The van der Waals surface area contributed by atoms with Gasteiger partial charge in [-0.25, -0.2) is 4.79 Å². The molecule has 0 unspecified atom stereocenters. The van der Waals surface area contributed by atoms with Crippen LogP contribution in [0.15, 0.2) is 23.2 Å². The number of rotatable bonds is 5. The molecule has 0 N–H and O–H groups in total. The summed E-state index contributed by atoms with van der Waals surface area (Å²) >= 11 is 6.11. The lowest BCUT2D eigenvalue weighted by Gasteiger charge is -2.12. The highest BCUT2D eigenvalue weighted by Crippen LogP contribution is 2.50. The first-order valence-electron chi connectivity index (χ1n) is 6.25. The van der Waals surface area contributed by atoms with Crippen molar-refractivity contribution in [2.75, 3.05) is 6.61 Å². The lowest BCUT2D eigenvalue weighted by Crippen LogP contribution is -2.04. The summed E-state index contributed by atoms with van der Waals surface area (Å²) in [4.78, 5) is 14.4. The van der Waals surface area contributed by atoms with Gasteiger partial charge in [0.05, 0.1) is 17.2 Å². The van der Waals surface area contributed by atoms with E-state index in [4.69, 9.17) is 16.3 Å². The summed E-state index contributed by atoms with van der Waals surface area (Å²) < 4.78 is 5.73. The SMILES string of the molecule is O=C=NC1(c2ccc(Cl)c(OCC3CC3)c2)CC1. The van der Waals surface area contributed by atoms with Crippen LogP contribution in [0, 0.1) is 5.92 Å². The Balaban J connectivity index is 1.82. The average molecular weight is 264 g/mol. The Morgan fingerprint density at radius 2 is 2.22 bits per heavy atom. The molecule has 94 valence electrons. The summed E-state index contributed by atoms with van der Waals surface area (Å²) in [7, 11) is 0. The van der Waals surface area contributed by atoms with Gasteiger partial charge in [0.2, 0.25) is 6.08 Å². The number of aliphatic imine (C=N–C) groups is 1. The summed E-state index contributed by atoms with van der Waals surface area (Å²) in [5, 5.41) is 0.616. The predicted molar refractivity (Wildman–Crippen MR) is 68.7 cm³/mol. The first-order chi connectivity index (χ1) is 8.73. The molecule has 0 spiro atoms. The third-order valence-corrected chi connectivity index (χ3v) is 3.94. The molecule has 1 aromatic carbocycles. The fourth-order valence-corrected chi connectivity index (χ4v) is 2.24. The van der Waals surface area contributed by atoms with E-state index in [1.54, 1.807) is 6.08 Å². The average Bonchev–Trinajstić information content (AvgIpc) is 3.23. The Bertz CT molecular complexity index is 515. The van der Waals surface area contributed by atoms with E-state index in [1.807, 2.05) is 18.2 Å². The van der Waals surface area contributed by atoms with E-state index in [0.29, 0.717) is 16.7 Å². The summed E-state index contributed by atoms with van der Waals surface area (Å²) in [6.45, 7) is 0.729. The van der Waals surface area contributed by atoms with Crippen molar-refractivity contribution in [3.63, 3.8) is 0 Å². The zero-order valence-corrected chi connectivity index (χ0v) is 10.7. The second kappa shape index (κ2) is 4.42. The first-order valence-corrected chi connectivity index (χ1v) is 6.63. The molecule has 0 amide bonds. The standard InChI is InChI=1S/C14H14ClNO2/c15-12-4-3-11(14(5-6-14)16-9-17)7-13(12)18-8-10-1-2-10/h3-4,7,10H,1-2,5-6,8H2. The molecule has 0 heterocycles.